The van der Waals surface area contributed by atoms with Gasteiger partial charge in [-0.1, -0.05) is 41.9 Å². The van der Waals surface area contributed by atoms with Crippen molar-refractivity contribution in [3.8, 4) is 28.5 Å². The highest BCUT2D eigenvalue weighted by atomic mass is 35.5. The Kier molecular flexibility index (Phi) is 5.16. The maximum atomic E-state index is 15.7. The third kappa shape index (κ3) is 3.10. The zero-order valence-corrected chi connectivity index (χ0v) is 19.0. The minimum absolute atomic E-state index is 0.0624. The van der Waals surface area contributed by atoms with Crippen molar-refractivity contribution in [1.29, 1.82) is 5.26 Å². The van der Waals surface area contributed by atoms with E-state index in [0.29, 0.717) is 49.6 Å². The van der Waals surface area contributed by atoms with Crippen LogP contribution < -0.4 is 11.3 Å². The van der Waals surface area contributed by atoms with Gasteiger partial charge in [0.2, 0.25) is 0 Å². The van der Waals surface area contributed by atoms with Crippen molar-refractivity contribution < 1.29 is 4.39 Å². The maximum absolute atomic E-state index is 15.7. The van der Waals surface area contributed by atoms with Gasteiger partial charge in [0.15, 0.2) is 5.82 Å². The van der Waals surface area contributed by atoms with Gasteiger partial charge in [0, 0.05) is 35.3 Å². The summed E-state index contributed by atoms with van der Waals surface area (Å²) < 4.78 is 17.2. The molecule has 34 heavy (non-hydrogen) atoms. The summed E-state index contributed by atoms with van der Waals surface area (Å²) in [6.45, 7) is 1.94. The van der Waals surface area contributed by atoms with Crippen molar-refractivity contribution in [3.63, 3.8) is 0 Å². The fourth-order valence-corrected chi connectivity index (χ4v) is 4.77. The Morgan fingerprint density at radius 1 is 1.24 bits per heavy atom. The van der Waals surface area contributed by atoms with Gasteiger partial charge in [-0.05, 0) is 24.1 Å². The number of halogens is 2. The summed E-state index contributed by atoms with van der Waals surface area (Å²) in [4.78, 5) is 12.4. The molecular formula is C25H18ClFN6O. The van der Waals surface area contributed by atoms with Crippen LogP contribution in [0, 0.1) is 24.1 Å². The SMILES string of the molecule is Cc1cc(-c2cnn(C)c2-c2c(F)c(Cl)c3ccccc3c2C#N)cc2c(CN)n[nH]c(=O)c12. The topological polar surface area (TPSA) is 113 Å². The highest BCUT2D eigenvalue weighted by Gasteiger charge is 2.25. The molecule has 0 unspecified atom stereocenters. The molecule has 0 aliphatic carbocycles. The van der Waals surface area contributed by atoms with Gasteiger partial charge in [-0.3, -0.25) is 9.48 Å². The molecule has 0 fully saturated rings. The number of aromatic nitrogens is 4. The summed E-state index contributed by atoms with van der Waals surface area (Å²) in [5.41, 5.74) is 8.67. The monoisotopic (exact) mass is 472 g/mol. The number of nitrogens with one attached hydrogen (secondary N) is 1. The van der Waals surface area contributed by atoms with E-state index < -0.39 is 5.82 Å². The van der Waals surface area contributed by atoms with Gasteiger partial charge in [0.05, 0.1) is 39.1 Å². The lowest BCUT2D eigenvalue weighted by atomic mass is 9.92. The zero-order chi connectivity index (χ0) is 24.1. The first-order chi connectivity index (χ1) is 16.4. The van der Waals surface area contributed by atoms with Crippen molar-refractivity contribution in [2.45, 2.75) is 13.5 Å². The molecule has 0 bridgehead atoms. The van der Waals surface area contributed by atoms with Crippen LogP contribution in [0.4, 0.5) is 4.39 Å². The lowest BCUT2D eigenvalue weighted by Gasteiger charge is -2.15. The summed E-state index contributed by atoms with van der Waals surface area (Å²) in [6.07, 6.45) is 1.60. The van der Waals surface area contributed by atoms with E-state index >= 15 is 4.39 Å². The van der Waals surface area contributed by atoms with Crippen LogP contribution >= 0.6 is 11.6 Å². The smallest absolute Gasteiger partial charge is 0.272 e. The first-order valence-electron chi connectivity index (χ1n) is 10.4. The molecule has 0 saturated heterocycles. The molecule has 0 amide bonds. The van der Waals surface area contributed by atoms with E-state index in [-0.39, 0.29) is 28.3 Å². The van der Waals surface area contributed by atoms with E-state index in [0.717, 1.165) is 0 Å². The van der Waals surface area contributed by atoms with Crippen LogP contribution in [-0.4, -0.2) is 20.0 Å². The number of aromatic amines is 1. The number of H-pyrrole nitrogens is 1. The van der Waals surface area contributed by atoms with Crippen molar-refractivity contribution in [2.24, 2.45) is 12.8 Å². The number of fused-ring (bicyclic) bond motifs is 2. The first-order valence-corrected chi connectivity index (χ1v) is 10.8. The Morgan fingerprint density at radius 2 is 1.97 bits per heavy atom. The first kappa shape index (κ1) is 21.8. The van der Waals surface area contributed by atoms with E-state index in [1.807, 2.05) is 13.0 Å². The van der Waals surface area contributed by atoms with Gasteiger partial charge in [-0.2, -0.15) is 15.5 Å². The number of nitrogens with two attached hydrogens (primary N) is 1. The average Bonchev–Trinajstić information content (AvgIpc) is 3.22. The third-order valence-electron chi connectivity index (χ3n) is 6.05. The molecule has 0 radical (unpaired) electrons. The minimum atomic E-state index is -0.694. The standard InChI is InChI=1S/C25H18ClFN6O/c1-12-7-13(8-16-19(10-29)31-32-25(34)20(12)16)18-11-30-33(2)24(18)21-17(9-28)14-5-3-4-6-15(14)22(26)23(21)27/h3-8,11H,10,29H2,1-2H3,(H,32,34). The fraction of sp³-hybridized carbons (Fsp3) is 0.120. The number of aryl methyl sites for hydroxylation is 2. The van der Waals surface area contributed by atoms with Gasteiger partial charge in [0.1, 0.15) is 6.07 Å². The lowest BCUT2D eigenvalue weighted by molar-refractivity contribution is 0.630. The Labute approximate surface area is 198 Å². The largest absolute Gasteiger partial charge is 0.325 e. The molecule has 3 aromatic carbocycles. The molecule has 168 valence electrons. The summed E-state index contributed by atoms with van der Waals surface area (Å²) in [5, 5.41) is 23.0. The molecular weight excluding hydrogens is 455 g/mol. The molecule has 5 aromatic rings. The van der Waals surface area contributed by atoms with Crippen LogP contribution in [0.5, 0.6) is 0 Å². The Bertz CT molecular complexity index is 1730. The van der Waals surface area contributed by atoms with Crippen molar-refractivity contribution in [1.82, 2.24) is 20.0 Å². The maximum Gasteiger partial charge on any atom is 0.272 e. The molecule has 0 aliphatic heterocycles. The van der Waals surface area contributed by atoms with E-state index in [4.69, 9.17) is 17.3 Å². The molecule has 7 nitrogen and oxygen atoms in total. The van der Waals surface area contributed by atoms with Gasteiger partial charge < -0.3 is 5.73 Å². The van der Waals surface area contributed by atoms with Crippen molar-refractivity contribution in [3.05, 3.63) is 80.6 Å². The van der Waals surface area contributed by atoms with E-state index in [1.165, 1.54) is 4.68 Å². The Hall–Kier alpha value is -4.06. The summed E-state index contributed by atoms with van der Waals surface area (Å²) in [7, 11) is 1.67. The molecule has 3 N–H and O–H groups in total. The second-order valence-corrected chi connectivity index (χ2v) is 8.36. The van der Waals surface area contributed by atoms with Crippen molar-refractivity contribution >= 4 is 33.1 Å². The summed E-state index contributed by atoms with van der Waals surface area (Å²) in [5.74, 6) is -0.694. The third-order valence-corrected chi connectivity index (χ3v) is 6.42. The van der Waals surface area contributed by atoms with Crippen LogP contribution in [0.25, 0.3) is 43.9 Å². The van der Waals surface area contributed by atoms with Gasteiger partial charge in [-0.15, -0.1) is 0 Å². The van der Waals surface area contributed by atoms with Crippen LogP contribution in [0.3, 0.4) is 0 Å². The normalized spacial score (nSPS) is 11.3. The lowest BCUT2D eigenvalue weighted by Crippen LogP contribution is -2.14. The molecule has 9 heteroatoms. The molecule has 5 rings (SSSR count). The molecule has 0 atom stereocenters. The van der Waals surface area contributed by atoms with E-state index in [1.54, 1.807) is 43.6 Å². The number of nitriles is 1. The zero-order valence-electron chi connectivity index (χ0n) is 18.3. The van der Waals surface area contributed by atoms with Crippen LogP contribution in [0.15, 0.2) is 47.4 Å². The van der Waals surface area contributed by atoms with Gasteiger partial charge >= 0.3 is 0 Å². The van der Waals surface area contributed by atoms with Gasteiger partial charge in [-0.25, -0.2) is 9.49 Å². The number of rotatable bonds is 3. The number of hydrogen-bond acceptors (Lipinski definition) is 5. The number of hydrogen-bond donors (Lipinski definition) is 2. The number of nitrogens with zero attached hydrogens (tertiary/aromatic N) is 4. The summed E-state index contributed by atoms with van der Waals surface area (Å²) in [6, 6.07) is 12.7. The van der Waals surface area contributed by atoms with E-state index in [9.17, 15) is 10.1 Å². The molecule has 2 aromatic heterocycles. The predicted molar refractivity (Wildman–Crippen MR) is 130 cm³/mol. The minimum Gasteiger partial charge on any atom is -0.325 e. The highest BCUT2D eigenvalue weighted by Crippen LogP contribution is 2.42. The Balaban J connectivity index is 1.88. The second-order valence-electron chi connectivity index (χ2n) is 7.99. The van der Waals surface area contributed by atoms with Crippen LogP contribution in [0.2, 0.25) is 5.02 Å². The highest BCUT2D eigenvalue weighted by molar-refractivity contribution is 6.36. The molecule has 2 heterocycles. The molecule has 0 saturated carbocycles. The van der Waals surface area contributed by atoms with Crippen LogP contribution in [0.1, 0.15) is 16.8 Å². The summed E-state index contributed by atoms with van der Waals surface area (Å²) >= 11 is 6.41. The molecule has 0 spiro atoms. The predicted octanol–water partition coefficient (Wildman–Crippen LogP) is 4.58. The molecule has 0 aliphatic rings. The Morgan fingerprint density at radius 3 is 2.68 bits per heavy atom. The van der Waals surface area contributed by atoms with E-state index in [2.05, 4.69) is 21.4 Å². The average molecular weight is 473 g/mol. The van der Waals surface area contributed by atoms with Crippen molar-refractivity contribution in [2.75, 3.05) is 0 Å². The quantitative estimate of drug-likeness (QED) is 0.399. The number of benzene rings is 3. The fourth-order valence-electron chi connectivity index (χ4n) is 4.51. The van der Waals surface area contributed by atoms with Gasteiger partial charge in [0.25, 0.3) is 5.56 Å². The second kappa shape index (κ2) is 8.06. The van der Waals surface area contributed by atoms with Crippen LogP contribution in [-0.2, 0) is 13.6 Å².